The molecule has 222 valence electrons. The number of nitrogens with zero attached hydrogens (tertiary/aromatic N) is 6. The molecular formula is C34H33N7O2S. The van der Waals surface area contributed by atoms with Gasteiger partial charge >= 0.3 is 0 Å². The SMILES string of the molecule is COc1cc(C(=O)N2C[C@H]3CC[C@@H]2[C@@H]3N)cc2nc(-c3cc4ccc(-c5ccc6scnc6c5)nc4n3CC3CC3)n(C)c12. The number of thiazole rings is 1. The molecule has 2 saturated carbocycles. The normalized spacial score (nSPS) is 21.3. The lowest BCUT2D eigenvalue weighted by molar-refractivity contribution is 0.0700. The number of aromatic nitrogens is 5. The first-order valence-corrected chi connectivity index (χ1v) is 16.3. The van der Waals surface area contributed by atoms with Crippen molar-refractivity contribution in [1.29, 1.82) is 0 Å². The van der Waals surface area contributed by atoms with Crippen LogP contribution < -0.4 is 10.5 Å². The molecule has 3 atom stereocenters. The number of carbonyl (C=O) groups is 1. The van der Waals surface area contributed by atoms with E-state index in [0.717, 1.165) is 76.3 Å². The van der Waals surface area contributed by atoms with E-state index in [-0.39, 0.29) is 18.0 Å². The van der Waals surface area contributed by atoms with Gasteiger partial charge in [-0.05, 0) is 80.0 Å². The summed E-state index contributed by atoms with van der Waals surface area (Å²) in [7, 11) is 3.68. The van der Waals surface area contributed by atoms with Crippen molar-refractivity contribution < 1.29 is 9.53 Å². The monoisotopic (exact) mass is 603 g/mol. The van der Waals surface area contributed by atoms with Crippen molar-refractivity contribution in [3.63, 3.8) is 0 Å². The molecule has 44 heavy (non-hydrogen) atoms. The summed E-state index contributed by atoms with van der Waals surface area (Å²) in [6.07, 6.45) is 4.53. The molecule has 0 unspecified atom stereocenters. The summed E-state index contributed by atoms with van der Waals surface area (Å²) >= 11 is 1.65. The Morgan fingerprint density at radius 3 is 2.70 bits per heavy atom. The number of amides is 1. The number of likely N-dealkylation sites (tertiary alicyclic amines) is 1. The van der Waals surface area contributed by atoms with Crippen molar-refractivity contribution in [1.82, 2.24) is 29.0 Å². The minimum atomic E-state index is 0.00969. The third kappa shape index (κ3) is 3.93. The van der Waals surface area contributed by atoms with E-state index in [4.69, 9.17) is 20.4 Å². The zero-order chi connectivity index (χ0) is 29.7. The van der Waals surface area contributed by atoms with Crippen LogP contribution in [0.2, 0.25) is 0 Å². The summed E-state index contributed by atoms with van der Waals surface area (Å²) in [5, 5.41) is 1.08. The topological polar surface area (TPSA) is 104 Å². The number of imidazole rings is 1. The van der Waals surface area contributed by atoms with Gasteiger partial charge in [0.2, 0.25) is 0 Å². The molecule has 10 heteroatoms. The van der Waals surface area contributed by atoms with Crippen molar-refractivity contribution in [3.05, 3.63) is 59.6 Å². The van der Waals surface area contributed by atoms with E-state index in [0.29, 0.717) is 23.1 Å². The lowest BCUT2D eigenvalue weighted by atomic mass is 10.1. The number of fused-ring (bicyclic) bond motifs is 5. The molecule has 2 bridgehead atoms. The molecule has 1 aliphatic heterocycles. The Balaban J connectivity index is 1.16. The Morgan fingerprint density at radius 1 is 1.05 bits per heavy atom. The first-order chi connectivity index (χ1) is 21.5. The van der Waals surface area contributed by atoms with E-state index >= 15 is 0 Å². The highest BCUT2D eigenvalue weighted by atomic mass is 32.1. The zero-order valence-electron chi connectivity index (χ0n) is 24.7. The van der Waals surface area contributed by atoms with Gasteiger partial charge in [-0.15, -0.1) is 11.3 Å². The van der Waals surface area contributed by atoms with Crippen molar-refractivity contribution in [2.75, 3.05) is 13.7 Å². The van der Waals surface area contributed by atoms with E-state index in [1.54, 1.807) is 18.4 Å². The summed E-state index contributed by atoms with van der Waals surface area (Å²) in [5.74, 6) is 2.51. The van der Waals surface area contributed by atoms with Crippen LogP contribution in [0.15, 0.2) is 54.0 Å². The predicted molar refractivity (Wildman–Crippen MR) is 173 cm³/mol. The number of nitrogens with two attached hydrogens (primary N) is 1. The fraction of sp³-hybridized carbons (Fsp3) is 0.353. The van der Waals surface area contributed by atoms with Crippen LogP contribution in [-0.2, 0) is 13.6 Å². The van der Waals surface area contributed by atoms with Crippen molar-refractivity contribution in [2.45, 2.75) is 44.3 Å². The fourth-order valence-electron chi connectivity index (χ4n) is 7.50. The summed E-state index contributed by atoms with van der Waals surface area (Å²) in [6.45, 7) is 1.62. The van der Waals surface area contributed by atoms with Crippen LogP contribution in [0, 0.1) is 11.8 Å². The average molecular weight is 604 g/mol. The standard InChI is InChI=1S/C34H33N7O2S/c1-39-31-25(12-22(14-28(31)43-2)34(42)41-16-21-6-9-26(41)30(21)35)38-33(39)27-13-20-5-8-23(37-32(20)40(27)15-18-3-4-18)19-7-10-29-24(11-19)36-17-44-29/h5,7-8,10-14,17-18,21,26,30H,3-4,6,9,15-16,35H2,1-2H3/t21-,26-,30-/m1/s1. The van der Waals surface area contributed by atoms with Crippen molar-refractivity contribution >= 4 is 49.5 Å². The number of benzene rings is 2. The number of methoxy groups -OCH3 is 1. The molecule has 2 N–H and O–H groups in total. The molecule has 9 nitrogen and oxygen atoms in total. The van der Waals surface area contributed by atoms with Gasteiger partial charge in [0.15, 0.2) is 5.82 Å². The number of aryl methyl sites for hydroxylation is 1. The molecule has 4 aromatic heterocycles. The van der Waals surface area contributed by atoms with Gasteiger partial charge in [0.05, 0.1) is 39.7 Å². The zero-order valence-corrected chi connectivity index (χ0v) is 25.6. The second-order valence-electron chi connectivity index (χ2n) is 12.7. The number of hydrogen-bond donors (Lipinski definition) is 1. The number of ether oxygens (including phenoxy) is 1. The molecule has 6 aromatic rings. The van der Waals surface area contributed by atoms with Crippen LogP contribution in [0.1, 0.15) is 36.0 Å². The summed E-state index contributed by atoms with van der Waals surface area (Å²) < 4.78 is 11.5. The Hall–Kier alpha value is -4.28. The Morgan fingerprint density at radius 2 is 1.93 bits per heavy atom. The Kier molecular flexibility index (Phi) is 5.71. The molecule has 1 amide bonds. The first-order valence-electron chi connectivity index (χ1n) is 15.4. The molecule has 2 aromatic carbocycles. The molecule has 0 spiro atoms. The van der Waals surface area contributed by atoms with Gasteiger partial charge in [0.25, 0.3) is 5.91 Å². The molecule has 0 radical (unpaired) electrons. The summed E-state index contributed by atoms with van der Waals surface area (Å²) in [4.78, 5) is 30.6. The van der Waals surface area contributed by atoms with E-state index in [1.807, 2.05) is 29.6 Å². The average Bonchev–Trinajstić information content (AvgIpc) is 3.34. The van der Waals surface area contributed by atoms with Crippen LogP contribution >= 0.6 is 11.3 Å². The lowest BCUT2D eigenvalue weighted by Gasteiger charge is -2.27. The first kappa shape index (κ1) is 26.2. The second-order valence-corrected chi connectivity index (χ2v) is 13.6. The summed E-state index contributed by atoms with van der Waals surface area (Å²) in [6, 6.07) is 16.8. The largest absolute Gasteiger partial charge is 0.494 e. The van der Waals surface area contributed by atoms with E-state index in [1.165, 1.54) is 17.5 Å². The van der Waals surface area contributed by atoms with Crippen LogP contribution in [0.5, 0.6) is 5.75 Å². The molecule has 1 saturated heterocycles. The fourth-order valence-corrected chi connectivity index (χ4v) is 8.16. The quantitative estimate of drug-likeness (QED) is 0.256. The minimum absolute atomic E-state index is 0.00969. The maximum atomic E-state index is 13.7. The van der Waals surface area contributed by atoms with Crippen LogP contribution in [0.4, 0.5) is 0 Å². The highest BCUT2D eigenvalue weighted by molar-refractivity contribution is 7.16. The number of pyridine rings is 1. The molecule has 2 aliphatic carbocycles. The van der Waals surface area contributed by atoms with Gasteiger partial charge in [-0.1, -0.05) is 6.07 Å². The molecule has 3 aliphatic rings. The third-order valence-electron chi connectivity index (χ3n) is 10.1. The van der Waals surface area contributed by atoms with Crippen LogP contribution in [0.25, 0.3) is 55.1 Å². The highest BCUT2D eigenvalue weighted by Gasteiger charge is 2.47. The number of hydrogen-bond acceptors (Lipinski definition) is 7. The number of rotatable bonds is 6. The third-order valence-corrected chi connectivity index (χ3v) is 10.9. The van der Waals surface area contributed by atoms with Gasteiger partial charge in [-0.25, -0.2) is 15.0 Å². The van der Waals surface area contributed by atoms with E-state index < -0.39 is 0 Å². The van der Waals surface area contributed by atoms with Gasteiger partial charge in [0.1, 0.15) is 16.9 Å². The molecule has 5 heterocycles. The van der Waals surface area contributed by atoms with Crippen LogP contribution in [0.3, 0.4) is 0 Å². The molecule has 3 fully saturated rings. The van der Waals surface area contributed by atoms with Crippen molar-refractivity contribution in [3.8, 4) is 28.5 Å². The highest BCUT2D eigenvalue weighted by Crippen LogP contribution is 2.40. The van der Waals surface area contributed by atoms with E-state index in [2.05, 4.69) is 50.5 Å². The van der Waals surface area contributed by atoms with Gasteiger partial charge in [0, 0.05) is 48.7 Å². The summed E-state index contributed by atoms with van der Waals surface area (Å²) in [5.41, 5.74) is 15.5. The maximum Gasteiger partial charge on any atom is 0.254 e. The second kappa shape index (κ2) is 9.61. The Labute approximate surface area is 258 Å². The van der Waals surface area contributed by atoms with Gasteiger partial charge < -0.3 is 24.5 Å². The molecular weight excluding hydrogens is 570 g/mol. The maximum absolute atomic E-state index is 13.7. The van der Waals surface area contributed by atoms with Crippen molar-refractivity contribution in [2.24, 2.45) is 24.6 Å². The predicted octanol–water partition coefficient (Wildman–Crippen LogP) is 5.85. The van der Waals surface area contributed by atoms with Gasteiger partial charge in [-0.2, -0.15) is 0 Å². The van der Waals surface area contributed by atoms with Gasteiger partial charge in [-0.3, -0.25) is 4.79 Å². The van der Waals surface area contributed by atoms with E-state index in [9.17, 15) is 4.79 Å². The smallest absolute Gasteiger partial charge is 0.254 e. The number of piperidine rings is 1. The Bertz CT molecular complexity index is 2120. The number of carbonyl (C=O) groups excluding carboxylic acids is 1. The van der Waals surface area contributed by atoms with Crippen LogP contribution in [-0.4, -0.2) is 60.6 Å². The lowest BCUT2D eigenvalue weighted by Crippen LogP contribution is -2.41. The molecule has 9 rings (SSSR count). The minimum Gasteiger partial charge on any atom is -0.494 e.